The number of carbonyl (C=O) groups is 2. The number of sulfonamides is 1. The van der Waals surface area contributed by atoms with E-state index in [0.717, 1.165) is 6.07 Å². The fourth-order valence-electron chi connectivity index (χ4n) is 3.58. The maximum atomic E-state index is 14.1. The lowest BCUT2D eigenvalue weighted by atomic mass is 10.1. The van der Waals surface area contributed by atoms with E-state index in [-0.39, 0.29) is 29.2 Å². The van der Waals surface area contributed by atoms with Gasteiger partial charge in [0.15, 0.2) is 0 Å². The first-order chi connectivity index (χ1) is 16.9. The molecule has 1 heterocycles. The molecule has 1 fully saturated rings. The van der Waals surface area contributed by atoms with Gasteiger partial charge >= 0.3 is 5.97 Å². The number of hydrogen-bond acceptors (Lipinski definition) is 6. The van der Waals surface area contributed by atoms with Gasteiger partial charge in [0.2, 0.25) is 16.1 Å². The van der Waals surface area contributed by atoms with Crippen LogP contribution in [-0.2, 0) is 24.3 Å². The van der Waals surface area contributed by atoms with Crippen LogP contribution in [0.5, 0.6) is 0 Å². The van der Waals surface area contributed by atoms with Crippen LogP contribution in [0.25, 0.3) is 0 Å². The summed E-state index contributed by atoms with van der Waals surface area (Å²) in [5.41, 5.74) is 0.263. The minimum atomic E-state index is -3.78. The summed E-state index contributed by atoms with van der Waals surface area (Å²) >= 11 is 0. The van der Waals surface area contributed by atoms with Gasteiger partial charge in [-0.2, -0.15) is 4.31 Å². The highest BCUT2D eigenvalue weighted by Crippen LogP contribution is 2.25. The lowest BCUT2D eigenvalue weighted by Crippen LogP contribution is -2.40. The Morgan fingerprint density at radius 3 is 2.34 bits per heavy atom. The first-order valence-electron chi connectivity index (χ1n) is 10.9. The largest absolute Gasteiger partial charge is 0.444 e. The maximum absolute atomic E-state index is 14.1. The predicted molar refractivity (Wildman–Crippen MR) is 126 cm³/mol. The lowest BCUT2D eigenvalue weighted by Gasteiger charge is -2.26. The smallest absolute Gasteiger partial charge is 0.342 e. The molecule has 8 nitrogen and oxygen atoms in total. The van der Waals surface area contributed by atoms with Gasteiger partial charge in [0, 0.05) is 24.3 Å². The zero-order chi connectivity index (χ0) is 24.8. The second-order valence-corrected chi connectivity index (χ2v) is 9.65. The van der Waals surface area contributed by atoms with Gasteiger partial charge in [-0.05, 0) is 30.3 Å². The molecule has 1 atom stereocenters. The Labute approximate surface area is 202 Å². The molecule has 1 N–H and O–H groups in total. The standard InChI is InChI=1S/C25H23FN2O6S/c26-22-12-5-4-11-21(22)25(30)34-23(18-7-2-1-3-8-18)24(29)27-19-9-6-10-20(17-19)35(31,32)28-13-15-33-16-14-28/h1-12,17,23H,13-16H2,(H,27,29)/t23-/m0/s1. The Morgan fingerprint density at radius 1 is 0.943 bits per heavy atom. The number of anilines is 1. The molecule has 1 aliphatic heterocycles. The average molecular weight is 499 g/mol. The first kappa shape index (κ1) is 24.5. The zero-order valence-corrected chi connectivity index (χ0v) is 19.4. The van der Waals surface area contributed by atoms with Crippen molar-refractivity contribution in [3.63, 3.8) is 0 Å². The van der Waals surface area contributed by atoms with E-state index in [1.54, 1.807) is 30.3 Å². The topological polar surface area (TPSA) is 102 Å². The van der Waals surface area contributed by atoms with Crippen LogP contribution in [0.2, 0.25) is 0 Å². The molecule has 0 saturated carbocycles. The number of esters is 1. The molecule has 1 saturated heterocycles. The van der Waals surface area contributed by atoms with Crippen LogP contribution < -0.4 is 5.32 Å². The number of nitrogens with one attached hydrogen (secondary N) is 1. The van der Waals surface area contributed by atoms with Crippen molar-refractivity contribution in [3.05, 3.63) is 95.8 Å². The third-order valence-electron chi connectivity index (χ3n) is 5.37. The number of rotatable bonds is 7. The van der Waals surface area contributed by atoms with Gasteiger partial charge in [-0.3, -0.25) is 4.79 Å². The summed E-state index contributed by atoms with van der Waals surface area (Å²) in [6.45, 7) is 1.09. The summed E-state index contributed by atoms with van der Waals surface area (Å²) < 4.78 is 52.0. The molecular weight excluding hydrogens is 475 g/mol. The van der Waals surface area contributed by atoms with E-state index in [1.165, 1.54) is 46.8 Å². The molecule has 0 aliphatic carbocycles. The maximum Gasteiger partial charge on any atom is 0.342 e. The molecule has 4 rings (SSSR count). The molecule has 1 aliphatic rings. The van der Waals surface area contributed by atoms with E-state index in [0.29, 0.717) is 18.8 Å². The van der Waals surface area contributed by atoms with Crippen LogP contribution >= 0.6 is 0 Å². The highest BCUT2D eigenvalue weighted by atomic mass is 32.2. The Kier molecular flexibility index (Phi) is 7.54. The van der Waals surface area contributed by atoms with Crippen LogP contribution in [0.1, 0.15) is 22.0 Å². The summed E-state index contributed by atoms with van der Waals surface area (Å²) in [5.74, 6) is -2.50. The number of amides is 1. The molecule has 182 valence electrons. The Morgan fingerprint density at radius 2 is 1.63 bits per heavy atom. The number of carbonyl (C=O) groups excluding carboxylic acids is 2. The van der Waals surface area contributed by atoms with Gasteiger partial charge in [0.1, 0.15) is 5.82 Å². The van der Waals surface area contributed by atoms with Crippen LogP contribution in [0.3, 0.4) is 0 Å². The van der Waals surface area contributed by atoms with E-state index in [1.807, 2.05) is 0 Å². The SMILES string of the molecule is O=C(O[C@H](C(=O)Nc1cccc(S(=O)(=O)N2CCOCC2)c1)c1ccccc1)c1ccccc1F. The number of morpholine rings is 1. The van der Waals surface area contributed by atoms with Crippen molar-refractivity contribution in [2.24, 2.45) is 0 Å². The second-order valence-electron chi connectivity index (χ2n) is 7.71. The molecule has 0 spiro atoms. The monoisotopic (exact) mass is 498 g/mol. The molecule has 35 heavy (non-hydrogen) atoms. The van der Waals surface area contributed by atoms with Crippen LogP contribution in [-0.4, -0.2) is 50.9 Å². The minimum absolute atomic E-state index is 0.0109. The third kappa shape index (κ3) is 5.73. The summed E-state index contributed by atoms with van der Waals surface area (Å²) in [6.07, 6.45) is -1.40. The molecular formula is C25H23FN2O6S. The van der Waals surface area contributed by atoms with Crippen LogP contribution in [0.15, 0.2) is 83.8 Å². The predicted octanol–water partition coefficient (Wildman–Crippen LogP) is 3.38. The zero-order valence-electron chi connectivity index (χ0n) is 18.6. The molecule has 3 aromatic rings. The highest BCUT2D eigenvalue weighted by molar-refractivity contribution is 7.89. The first-order valence-corrected chi connectivity index (χ1v) is 12.3. The lowest BCUT2D eigenvalue weighted by molar-refractivity contribution is -0.125. The number of nitrogens with zero attached hydrogens (tertiary/aromatic N) is 1. The minimum Gasteiger partial charge on any atom is -0.444 e. The van der Waals surface area contributed by atoms with Crippen molar-refractivity contribution in [1.29, 1.82) is 0 Å². The molecule has 10 heteroatoms. The van der Waals surface area contributed by atoms with Crippen LogP contribution in [0.4, 0.5) is 10.1 Å². The van der Waals surface area contributed by atoms with Gasteiger partial charge in [-0.1, -0.05) is 48.5 Å². The van der Waals surface area contributed by atoms with Gasteiger partial charge in [0.05, 0.1) is 23.7 Å². The highest BCUT2D eigenvalue weighted by Gasteiger charge is 2.29. The van der Waals surface area contributed by atoms with Crippen molar-refractivity contribution in [1.82, 2.24) is 4.31 Å². The van der Waals surface area contributed by atoms with E-state index in [2.05, 4.69) is 5.32 Å². The number of ether oxygens (including phenoxy) is 2. The summed E-state index contributed by atoms with van der Waals surface area (Å²) in [7, 11) is -3.78. The van der Waals surface area contributed by atoms with Gasteiger partial charge in [-0.15, -0.1) is 0 Å². The van der Waals surface area contributed by atoms with Crippen molar-refractivity contribution in [3.8, 4) is 0 Å². The van der Waals surface area contributed by atoms with Gasteiger partial charge < -0.3 is 14.8 Å². The molecule has 1 amide bonds. The Bertz CT molecular complexity index is 1310. The van der Waals surface area contributed by atoms with Crippen molar-refractivity contribution in [2.45, 2.75) is 11.0 Å². The number of halogens is 1. The van der Waals surface area contributed by atoms with Crippen molar-refractivity contribution in [2.75, 3.05) is 31.6 Å². The van der Waals surface area contributed by atoms with E-state index in [9.17, 15) is 22.4 Å². The van der Waals surface area contributed by atoms with Crippen LogP contribution in [0, 0.1) is 5.82 Å². The number of benzene rings is 3. The number of hydrogen-bond donors (Lipinski definition) is 1. The normalized spacial score (nSPS) is 15.2. The van der Waals surface area contributed by atoms with Gasteiger partial charge in [-0.25, -0.2) is 17.6 Å². The average Bonchev–Trinajstić information content (AvgIpc) is 2.88. The molecule has 0 bridgehead atoms. The second kappa shape index (κ2) is 10.8. The summed E-state index contributed by atoms with van der Waals surface area (Å²) in [5, 5.41) is 2.61. The fourth-order valence-corrected chi connectivity index (χ4v) is 5.03. The Hall–Kier alpha value is -3.60. The van der Waals surface area contributed by atoms with E-state index < -0.39 is 33.8 Å². The molecule has 3 aromatic carbocycles. The van der Waals surface area contributed by atoms with E-state index in [4.69, 9.17) is 9.47 Å². The van der Waals surface area contributed by atoms with Crippen molar-refractivity contribution < 1.29 is 31.9 Å². The summed E-state index contributed by atoms with van der Waals surface area (Å²) in [6, 6.07) is 19.4. The molecule has 0 unspecified atom stereocenters. The quantitative estimate of drug-likeness (QED) is 0.501. The van der Waals surface area contributed by atoms with E-state index >= 15 is 0 Å². The molecule has 0 aromatic heterocycles. The van der Waals surface area contributed by atoms with Gasteiger partial charge in [0.25, 0.3) is 5.91 Å². The Balaban J connectivity index is 1.57. The third-order valence-corrected chi connectivity index (χ3v) is 7.26. The van der Waals surface area contributed by atoms with Crippen molar-refractivity contribution >= 4 is 27.6 Å². The summed E-state index contributed by atoms with van der Waals surface area (Å²) in [4.78, 5) is 25.8. The fraction of sp³-hybridized carbons (Fsp3) is 0.200. The molecule has 0 radical (unpaired) electrons.